The number of aromatic nitrogens is 1. The van der Waals surface area contributed by atoms with Crippen molar-refractivity contribution in [1.82, 2.24) is 15.2 Å². The lowest BCUT2D eigenvalue weighted by Crippen LogP contribution is -2.36. The standard InChI is InChI=1S/C18H22FN3O3/c1-10(2)20-18(25)16(23)12-8-15(22(4)9-12)17(24)21-13-5-6-14(19)11(3)7-13/h6-10,13H,5H2,1-4H3,(H,20,25)(H,21,24). The first-order valence-electron chi connectivity index (χ1n) is 8.06. The molecule has 0 radical (unpaired) electrons. The molecule has 7 heteroatoms. The van der Waals surface area contributed by atoms with Gasteiger partial charge in [0.05, 0.1) is 6.04 Å². The molecule has 0 aromatic carbocycles. The lowest BCUT2D eigenvalue weighted by molar-refractivity contribution is -0.117. The normalized spacial score (nSPS) is 17.0. The lowest BCUT2D eigenvalue weighted by atomic mass is 10.0. The number of allylic oxidation sites excluding steroid dienone is 2. The molecule has 134 valence electrons. The van der Waals surface area contributed by atoms with E-state index in [9.17, 15) is 18.8 Å². The Bertz CT molecular complexity index is 775. The second-order valence-corrected chi connectivity index (χ2v) is 6.40. The lowest BCUT2D eigenvalue weighted by Gasteiger charge is -2.18. The maximum Gasteiger partial charge on any atom is 0.292 e. The number of carbonyl (C=O) groups is 3. The van der Waals surface area contributed by atoms with E-state index in [-0.39, 0.29) is 29.2 Å². The van der Waals surface area contributed by atoms with Crippen LogP contribution in [0.15, 0.2) is 35.8 Å². The predicted molar refractivity (Wildman–Crippen MR) is 91.8 cm³/mol. The smallest absolute Gasteiger partial charge is 0.292 e. The van der Waals surface area contributed by atoms with Gasteiger partial charge in [-0.15, -0.1) is 0 Å². The molecule has 1 aliphatic rings. The molecule has 1 atom stereocenters. The molecule has 2 amide bonds. The monoisotopic (exact) mass is 347 g/mol. The minimum absolute atomic E-state index is 0.145. The third-order valence-corrected chi connectivity index (χ3v) is 3.82. The molecule has 6 nitrogen and oxygen atoms in total. The molecule has 0 spiro atoms. The van der Waals surface area contributed by atoms with Crippen LogP contribution in [0.25, 0.3) is 0 Å². The molecule has 0 aliphatic heterocycles. The Morgan fingerprint density at radius 3 is 2.60 bits per heavy atom. The van der Waals surface area contributed by atoms with E-state index in [0.717, 1.165) is 0 Å². The molecule has 0 saturated carbocycles. The number of hydrogen-bond donors (Lipinski definition) is 2. The van der Waals surface area contributed by atoms with Gasteiger partial charge in [-0.2, -0.15) is 0 Å². The molecular weight excluding hydrogens is 325 g/mol. The van der Waals surface area contributed by atoms with Crippen LogP contribution in [0.5, 0.6) is 0 Å². The number of Topliss-reactive ketones (excluding diaryl/α,β-unsaturated/α-hetero) is 1. The number of nitrogens with one attached hydrogen (secondary N) is 2. The van der Waals surface area contributed by atoms with Crippen LogP contribution >= 0.6 is 0 Å². The van der Waals surface area contributed by atoms with Crippen LogP contribution in [0.4, 0.5) is 4.39 Å². The zero-order valence-corrected chi connectivity index (χ0v) is 14.7. The molecular formula is C18H22FN3O3. The van der Waals surface area contributed by atoms with E-state index < -0.39 is 17.6 Å². The van der Waals surface area contributed by atoms with Crippen molar-refractivity contribution >= 4 is 17.6 Å². The van der Waals surface area contributed by atoms with E-state index in [1.54, 1.807) is 33.9 Å². The Morgan fingerprint density at radius 2 is 2.00 bits per heavy atom. The van der Waals surface area contributed by atoms with E-state index in [0.29, 0.717) is 12.0 Å². The number of halogens is 1. The van der Waals surface area contributed by atoms with Gasteiger partial charge in [-0.3, -0.25) is 14.4 Å². The van der Waals surface area contributed by atoms with Gasteiger partial charge in [0.1, 0.15) is 11.5 Å². The highest BCUT2D eigenvalue weighted by Gasteiger charge is 2.23. The van der Waals surface area contributed by atoms with E-state index in [2.05, 4.69) is 10.6 Å². The van der Waals surface area contributed by atoms with Crippen molar-refractivity contribution in [1.29, 1.82) is 0 Å². The topological polar surface area (TPSA) is 80.2 Å². The van der Waals surface area contributed by atoms with Crippen molar-refractivity contribution in [2.45, 2.75) is 39.3 Å². The van der Waals surface area contributed by atoms with Gasteiger partial charge >= 0.3 is 0 Å². The highest BCUT2D eigenvalue weighted by atomic mass is 19.1. The summed E-state index contributed by atoms with van der Waals surface area (Å²) < 4.78 is 14.8. The quantitative estimate of drug-likeness (QED) is 0.632. The van der Waals surface area contributed by atoms with Crippen molar-refractivity contribution in [2.75, 3.05) is 0 Å². The minimum Gasteiger partial charge on any atom is -0.347 e. The van der Waals surface area contributed by atoms with Crippen molar-refractivity contribution in [2.24, 2.45) is 7.05 Å². The fourth-order valence-corrected chi connectivity index (χ4v) is 2.56. The summed E-state index contributed by atoms with van der Waals surface area (Å²) in [5.41, 5.74) is 0.874. The molecule has 25 heavy (non-hydrogen) atoms. The average Bonchev–Trinajstić information content (AvgIpc) is 2.91. The molecule has 0 bridgehead atoms. The molecule has 1 aliphatic carbocycles. The summed E-state index contributed by atoms with van der Waals surface area (Å²) in [4.78, 5) is 36.3. The van der Waals surface area contributed by atoms with Gasteiger partial charge in [0.2, 0.25) is 0 Å². The predicted octanol–water partition coefficient (Wildman–Crippen LogP) is 2.03. The maximum absolute atomic E-state index is 13.3. The van der Waals surface area contributed by atoms with Crippen LogP contribution in [0.1, 0.15) is 48.0 Å². The van der Waals surface area contributed by atoms with Crippen LogP contribution in [0, 0.1) is 0 Å². The maximum atomic E-state index is 13.3. The Morgan fingerprint density at radius 1 is 1.32 bits per heavy atom. The van der Waals surface area contributed by atoms with Crippen molar-refractivity contribution in [3.63, 3.8) is 0 Å². The molecule has 1 aromatic heterocycles. The third-order valence-electron chi connectivity index (χ3n) is 3.82. The van der Waals surface area contributed by atoms with Crippen LogP contribution < -0.4 is 10.6 Å². The summed E-state index contributed by atoms with van der Waals surface area (Å²) in [6.07, 6.45) is 4.88. The number of ketones is 1. The summed E-state index contributed by atoms with van der Waals surface area (Å²) in [5.74, 6) is -2.08. The molecule has 2 rings (SSSR count). The van der Waals surface area contributed by atoms with Crippen molar-refractivity contribution in [3.8, 4) is 0 Å². The first-order chi connectivity index (χ1) is 11.7. The molecule has 1 aromatic rings. The molecule has 0 fully saturated rings. The third kappa shape index (κ3) is 4.43. The molecule has 1 heterocycles. The Kier molecular flexibility index (Phi) is 5.56. The van der Waals surface area contributed by atoms with Crippen LogP contribution in [-0.4, -0.2) is 34.2 Å². The van der Waals surface area contributed by atoms with E-state index >= 15 is 0 Å². The van der Waals surface area contributed by atoms with E-state index in [1.807, 2.05) is 0 Å². The Balaban J connectivity index is 2.10. The van der Waals surface area contributed by atoms with Gasteiger partial charge in [0.15, 0.2) is 0 Å². The number of rotatable bonds is 5. The number of nitrogens with zero attached hydrogens (tertiary/aromatic N) is 1. The van der Waals surface area contributed by atoms with Gasteiger partial charge < -0.3 is 15.2 Å². The fraction of sp³-hybridized carbons (Fsp3) is 0.389. The summed E-state index contributed by atoms with van der Waals surface area (Å²) in [7, 11) is 1.62. The first kappa shape index (κ1) is 18.6. The fourth-order valence-electron chi connectivity index (χ4n) is 2.56. The summed E-state index contributed by atoms with van der Waals surface area (Å²) >= 11 is 0. The second kappa shape index (κ2) is 7.46. The van der Waals surface area contributed by atoms with E-state index in [4.69, 9.17) is 0 Å². The average molecular weight is 347 g/mol. The van der Waals surface area contributed by atoms with Crippen LogP contribution in [0.3, 0.4) is 0 Å². The molecule has 2 N–H and O–H groups in total. The van der Waals surface area contributed by atoms with Gasteiger partial charge in [0.25, 0.3) is 17.6 Å². The van der Waals surface area contributed by atoms with Gasteiger partial charge in [-0.25, -0.2) is 4.39 Å². The highest BCUT2D eigenvalue weighted by Crippen LogP contribution is 2.19. The largest absolute Gasteiger partial charge is 0.347 e. The summed E-state index contributed by atoms with van der Waals surface area (Å²) in [6.45, 7) is 5.15. The number of aryl methyl sites for hydroxylation is 1. The highest BCUT2D eigenvalue weighted by molar-refractivity contribution is 6.43. The zero-order chi connectivity index (χ0) is 18.7. The van der Waals surface area contributed by atoms with Crippen molar-refractivity contribution in [3.05, 3.63) is 47.1 Å². The summed E-state index contributed by atoms with van der Waals surface area (Å²) in [5, 5.41) is 5.31. The zero-order valence-electron chi connectivity index (χ0n) is 14.7. The number of carbonyl (C=O) groups excluding carboxylic acids is 3. The van der Waals surface area contributed by atoms with Crippen LogP contribution in [-0.2, 0) is 11.8 Å². The summed E-state index contributed by atoms with van der Waals surface area (Å²) in [6, 6.07) is 0.913. The Hall–Kier alpha value is -2.70. The molecule has 0 saturated heterocycles. The first-order valence-corrected chi connectivity index (χ1v) is 8.06. The van der Waals surface area contributed by atoms with Gasteiger partial charge in [-0.1, -0.05) is 6.08 Å². The van der Waals surface area contributed by atoms with Crippen molar-refractivity contribution < 1.29 is 18.8 Å². The van der Waals surface area contributed by atoms with Gasteiger partial charge in [-0.05, 0) is 44.9 Å². The molecule has 1 unspecified atom stereocenters. The number of hydrogen-bond acceptors (Lipinski definition) is 3. The minimum atomic E-state index is -0.709. The van der Waals surface area contributed by atoms with Crippen LogP contribution in [0.2, 0.25) is 0 Å². The SMILES string of the molecule is CC1=CC(NC(=O)c2cc(C(=O)C(=O)NC(C)C)cn2C)CC=C1F. The van der Waals surface area contributed by atoms with Gasteiger partial charge in [0, 0.05) is 24.8 Å². The second-order valence-electron chi connectivity index (χ2n) is 6.40. The van der Waals surface area contributed by atoms with E-state index in [1.165, 1.54) is 22.9 Å². The Labute approximate surface area is 145 Å². The number of amides is 2.